The van der Waals surface area contributed by atoms with E-state index < -0.39 is 0 Å². The summed E-state index contributed by atoms with van der Waals surface area (Å²) < 4.78 is 1.58. The summed E-state index contributed by atoms with van der Waals surface area (Å²) in [5.74, 6) is -0.154. The zero-order chi connectivity index (χ0) is 14.9. The Labute approximate surface area is 124 Å². The smallest absolute Gasteiger partial charge is 0.246 e. The normalized spacial score (nSPS) is 11.1. The van der Waals surface area contributed by atoms with Gasteiger partial charge in [-0.15, -0.1) is 5.10 Å². The molecule has 2 aromatic carbocycles. The van der Waals surface area contributed by atoms with Gasteiger partial charge in [0.15, 0.2) is 0 Å². The van der Waals surface area contributed by atoms with E-state index in [0.717, 1.165) is 27.6 Å². The molecule has 0 aliphatic rings. The van der Waals surface area contributed by atoms with Crippen LogP contribution < -0.4 is 5.32 Å². The van der Waals surface area contributed by atoms with Gasteiger partial charge < -0.3 is 5.32 Å². The van der Waals surface area contributed by atoms with Gasteiger partial charge in [-0.25, -0.2) is 4.68 Å². The summed E-state index contributed by atoms with van der Waals surface area (Å²) in [5.41, 5.74) is 3.27. The molecule has 0 radical (unpaired) electrons. The van der Waals surface area contributed by atoms with Gasteiger partial charge in [0.25, 0.3) is 0 Å². The highest BCUT2D eigenvalue weighted by Gasteiger charge is 2.09. The zero-order valence-corrected chi connectivity index (χ0v) is 11.5. The molecule has 0 saturated heterocycles. The Balaban J connectivity index is 1.54. The molecule has 4 aromatic rings. The van der Waals surface area contributed by atoms with Crippen molar-refractivity contribution in [2.75, 3.05) is 5.32 Å². The lowest BCUT2D eigenvalue weighted by Crippen LogP contribution is -2.19. The minimum absolute atomic E-state index is 0.115. The van der Waals surface area contributed by atoms with Gasteiger partial charge in [-0.2, -0.15) is 5.10 Å². The predicted octanol–water partition coefficient (Wildman–Crippen LogP) is 1.95. The Hall–Kier alpha value is -3.22. The van der Waals surface area contributed by atoms with Crippen molar-refractivity contribution in [1.82, 2.24) is 25.2 Å². The summed E-state index contributed by atoms with van der Waals surface area (Å²) in [4.78, 5) is 12.2. The fraction of sp³-hybridized carbons (Fsp3) is 0.0667. The molecule has 0 spiro atoms. The number of hydrogen-bond acceptors (Lipinski definition) is 4. The first-order valence-corrected chi connectivity index (χ1v) is 6.81. The Morgan fingerprint density at radius 2 is 2.14 bits per heavy atom. The number of para-hydroxylation sites is 1. The van der Waals surface area contributed by atoms with Crippen LogP contribution in [-0.4, -0.2) is 31.1 Å². The number of aromatic nitrogens is 5. The first kappa shape index (κ1) is 12.5. The number of aromatic amines is 1. The highest BCUT2D eigenvalue weighted by molar-refractivity contribution is 5.94. The maximum atomic E-state index is 12.2. The summed E-state index contributed by atoms with van der Waals surface area (Å²) in [7, 11) is 0. The van der Waals surface area contributed by atoms with Crippen molar-refractivity contribution in [2.24, 2.45) is 0 Å². The van der Waals surface area contributed by atoms with Gasteiger partial charge in [-0.1, -0.05) is 17.3 Å². The van der Waals surface area contributed by atoms with Crippen molar-refractivity contribution >= 4 is 33.5 Å². The van der Waals surface area contributed by atoms with Crippen molar-refractivity contribution in [1.29, 1.82) is 0 Å². The first-order valence-electron chi connectivity index (χ1n) is 6.81. The molecule has 0 fully saturated rings. The maximum Gasteiger partial charge on any atom is 0.246 e. The van der Waals surface area contributed by atoms with E-state index in [1.165, 1.54) is 0 Å². The van der Waals surface area contributed by atoms with Crippen molar-refractivity contribution in [3.8, 4) is 0 Å². The highest BCUT2D eigenvalue weighted by atomic mass is 16.2. The van der Waals surface area contributed by atoms with E-state index in [9.17, 15) is 4.79 Å². The number of anilines is 1. The average Bonchev–Trinajstić information content (AvgIpc) is 3.14. The molecule has 108 valence electrons. The van der Waals surface area contributed by atoms with Crippen LogP contribution in [0.15, 0.2) is 48.7 Å². The summed E-state index contributed by atoms with van der Waals surface area (Å²) in [6, 6.07) is 13.1. The fourth-order valence-corrected chi connectivity index (χ4v) is 2.39. The lowest BCUT2D eigenvalue weighted by Gasteiger charge is -2.05. The van der Waals surface area contributed by atoms with E-state index in [-0.39, 0.29) is 12.5 Å². The zero-order valence-electron chi connectivity index (χ0n) is 11.5. The van der Waals surface area contributed by atoms with E-state index in [4.69, 9.17) is 0 Å². The third kappa shape index (κ3) is 2.18. The number of amides is 1. The average molecular weight is 292 g/mol. The van der Waals surface area contributed by atoms with Gasteiger partial charge in [0, 0.05) is 11.1 Å². The Kier molecular flexibility index (Phi) is 2.82. The summed E-state index contributed by atoms with van der Waals surface area (Å²) in [5, 5.41) is 18.7. The molecule has 0 saturated carbocycles. The van der Waals surface area contributed by atoms with Crippen molar-refractivity contribution in [3.63, 3.8) is 0 Å². The molecule has 0 aliphatic carbocycles. The van der Waals surface area contributed by atoms with Gasteiger partial charge >= 0.3 is 0 Å². The standard InChI is InChI=1S/C15H12N6O/c22-15(9-21-14-4-2-1-3-13(14)19-20-21)17-11-5-6-12-10(7-11)8-16-18-12/h1-8H,9H2,(H,16,18)(H,17,22). The molecule has 7 heteroatoms. The number of H-pyrrole nitrogens is 1. The van der Waals surface area contributed by atoms with E-state index in [1.807, 2.05) is 42.5 Å². The first-order chi connectivity index (χ1) is 10.8. The van der Waals surface area contributed by atoms with E-state index in [1.54, 1.807) is 10.9 Å². The molecule has 0 aliphatic heterocycles. The Morgan fingerprint density at radius 3 is 3.09 bits per heavy atom. The molecule has 2 N–H and O–H groups in total. The van der Waals surface area contributed by atoms with E-state index in [2.05, 4.69) is 25.8 Å². The van der Waals surface area contributed by atoms with Crippen LogP contribution >= 0.6 is 0 Å². The Morgan fingerprint density at radius 1 is 1.23 bits per heavy atom. The molecular formula is C15H12N6O. The number of rotatable bonds is 3. The molecule has 2 aromatic heterocycles. The van der Waals surface area contributed by atoms with E-state index >= 15 is 0 Å². The van der Waals surface area contributed by atoms with Crippen molar-refractivity contribution in [3.05, 3.63) is 48.7 Å². The lowest BCUT2D eigenvalue weighted by atomic mass is 10.2. The second-order valence-electron chi connectivity index (χ2n) is 4.96. The SMILES string of the molecule is O=C(Cn1nnc2ccccc21)Nc1ccc2[nH]ncc2c1. The molecule has 0 atom stereocenters. The number of nitrogens with zero attached hydrogens (tertiary/aromatic N) is 4. The predicted molar refractivity (Wildman–Crippen MR) is 82.3 cm³/mol. The van der Waals surface area contributed by atoms with Crippen molar-refractivity contribution < 1.29 is 4.79 Å². The molecule has 0 unspecified atom stereocenters. The molecule has 7 nitrogen and oxygen atoms in total. The van der Waals surface area contributed by atoms with Gasteiger partial charge in [0.1, 0.15) is 12.1 Å². The summed E-state index contributed by atoms with van der Waals surface area (Å²) in [6.45, 7) is 0.115. The third-order valence-electron chi connectivity index (χ3n) is 3.44. The molecule has 0 bridgehead atoms. The molecule has 22 heavy (non-hydrogen) atoms. The van der Waals surface area contributed by atoms with Crippen LogP contribution in [0, 0.1) is 0 Å². The summed E-state index contributed by atoms with van der Waals surface area (Å²) >= 11 is 0. The largest absolute Gasteiger partial charge is 0.324 e. The molecule has 4 rings (SSSR count). The number of fused-ring (bicyclic) bond motifs is 2. The van der Waals surface area contributed by atoms with Gasteiger partial charge in [-0.05, 0) is 30.3 Å². The molecular weight excluding hydrogens is 280 g/mol. The second-order valence-corrected chi connectivity index (χ2v) is 4.96. The minimum Gasteiger partial charge on any atom is -0.324 e. The quantitative estimate of drug-likeness (QED) is 0.604. The maximum absolute atomic E-state index is 12.2. The number of carbonyl (C=O) groups is 1. The molecule has 2 heterocycles. The lowest BCUT2D eigenvalue weighted by molar-refractivity contribution is -0.116. The van der Waals surface area contributed by atoms with Crippen molar-refractivity contribution in [2.45, 2.75) is 6.54 Å². The van der Waals surface area contributed by atoms with Crippen LogP contribution in [0.5, 0.6) is 0 Å². The summed E-state index contributed by atoms with van der Waals surface area (Å²) in [6.07, 6.45) is 1.72. The third-order valence-corrected chi connectivity index (χ3v) is 3.44. The van der Waals surface area contributed by atoms with Crippen LogP contribution in [0.2, 0.25) is 0 Å². The topological polar surface area (TPSA) is 88.5 Å². The second kappa shape index (κ2) is 4.96. The number of carbonyl (C=O) groups excluding carboxylic acids is 1. The Bertz CT molecular complexity index is 970. The molecule has 1 amide bonds. The van der Waals surface area contributed by atoms with Gasteiger partial charge in [0.05, 0.1) is 17.2 Å². The number of hydrogen-bond donors (Lipinski definition) is 2. The number of nitrogens with one attached hydrogen (secondary N) is 2. The van der Waals surface area contributed by atoms with Gasteiger partial charge in [0.2, 0.25) is 5.91 Å². The minimum atomic E-state index is -0.154. The number of benzene rings is 2. The van der Waals surface area contributed by atoms with Crippen LogP contribution in [0.1, 0.15) is 0 Å². The van der Waals surface area contributed by atoms with Crippen LogP contribution in [-0.2, 0) is 11.3 Å². The monoisotopic (exact) mass is 292 g/mol. The van der Waals surface area contributed by atoms with Crippen LogP contribution in [0.25, 0.3) is 21.9 Å². The fourth-order valence-electron chi connectivity index (χ4n) is 2.39. The van der Waals surface area contributed by atoms with Crippen LogP contribution in [0.3, 0.4) is 0 Å². The van der Waals surface area contributed by atoms with Gasteiger partial charge in [-0.3, -0.25) is 9.89 Å². The highest BCUT2D eigenvalue weighted by Crippen LogP contribution is 2.17. The van der Waals surface area contributed by atoms with Crippen LogP contribution in [0.4, 0.5) is 5.69 Å². The van der Waals surface area contributed by atoms with E-state index in [0.29, 0.717) is 0 Å².